The van der Waals surface area contributed by atoms with Crippen LogP contribution in [-0.2, 0) is 0 Å². The summed E-state index contributed by atoms with van der Waals surface area (Å²) in [4.78, 5) is 16.0. The number of hydrogen-bond acceptors (Lipinski definition) is 3. The van der Waals surface area contributed by atoms with Gasteiger partial charge >= 0.3 is 0 Å². The molecule has 3 aliphatic rings. The van der Waals surface area contributed by atoms with Gasteiger partial charge in [0.15, 0.2) is 0 Å². The molecule has 3 nitrogen and oxygen atoms in total. The molecule has 0 radical (unpaired) electrons. The van der Waals surface area contributed by atoms with Crippen molar-refractivity contribution < 1.29 is 4.79 Å². The summed E-state index contributed by atoms with van der Waals surface area (Å²) in [7, 11) is 0. The van der Waals surface area contributed by atoms with E-state index in [1.54, 1.807) is 0 Å². The first-order valence-electron chi connectivity index (χ1n) is 8.23. The van der Waals surface area contributed by atoms with E-state index in [2.05, 4.69) is 60.8 Å². The van der Waals surface area contributed by atoms with Crippen LogP contribution in [0.3, 0.4) is 0 Å². The molecule has 1 N–H and O–H groups in total. The van der Waals surface area contributed by atoms with Crippen LogP contribution < -0.4 is 5.32 Å². The summed E-state index contributed by atoms with van der Waals surface area (Å²) in [5.41, 5.74) is 1.10. The van der Waals surface area contributed by atoms with Crippen LogP contribution in [0.4, 0.5) is 0 Å². The normalized spacial score (nSPS) is 25.4. The molecule has 1 atom stereocenters. The van der Waals surface area contributed by atoms with Gasteiger partial charge in [-0.3, -0.25) is 4.79 Å². The Labute approximate surface area is 168 Å². The third-order valence-electron chi connectivity index (χ3n) is 5.35. The SMILES string of the molecule is C=CN1CC2CC1(C(NC(=O)c1cc(Br)c(Br)s1)c1ccccc1)C2. The van der Waals surface area contributed by atoms with Gasteiger partial charge in [-0.1, -0.05) is 36.9 Å². The van der Waals surface area contributed by atoms with Gasteiger partial charge in [0.2, 0.25) is 0 Å². The number of benzene rings is 1. The Morgan fingerprint density at radius 1 is 1.36 bits per heavy atom. The Morgan fingerprint density at radius 3 is 2.68 bits per heavy atom. The molecule has 3 fully saturated rings. The Morgan fingerprint density at radius 2 is 2.08 bits per heavy atom. The molecular weight excluding hydrogens is 464 g/mol. The molecule has 1 saturated carbocycles. The zero-order valence-electron chi connectivity index (χ0n) is 13.5. The van der Waals surface area contributed by atoms with Crippen molar-refractivity contribution in [1.82, 2.24) is 10.2 Å². The maximum atomic E-state index is 12.9. The van der Waals surface area contributed by atoms with Gasteiger partial charge in [0, 0.05) is 11.0 Å². The quantitative estimate of drug-likeness (QED) is 0.624. The standard InChI is InChI=1S/C19H18Br2N2OS/c1-2-23-11-12-9-19(23,10-12)16(13-6-4-3-5-7-13)22-18(24)15-8-14(20)17(21)25-15/h2-8,12,16H,1,9-11H2,(H,22,24). The first-order valence-corrected chi connectivity index (χ1v) is 10.6. The second-order valence-electron chi connectivity index (χ2n) is 6.76. The zero-order valence-corrected chi connectivity index (χ0v) is 17.5. The summed E-state index contributed by atoms with van der Waals surface area (Å²) >= 11 is 8.38. The predicted molar refractivity (Wildman–Crippen MR) is 109 cm³/mol. The van der Waals surface area contributed by atoms with E-state index >= 15 is 0 Å². The molecule has 2 aliphatic heterocycles. The van der Waals surface area contributed by atoms with Crippen LogP contribution in [-0.4, -0.2) is 22.9 Å². The van der Waals surface area contributed by atoms with Gasteiger partial charge in [-0.2, -0.15) is 0 Å². The van der Waals surface area contributed by atoms with E-state index in [0.29, 0.717) is 10.8 Å². The molecule has 1 aliphatic carbocycles. The summed E-state index contributed by atoms with van der Waals surface area (Å²) in [6.45, 7) is 5.04. The summed E-state index contributed by atoms with van der Waals surface area (Å²) in [6, 6.07) is 12.1. The Kier molecular flexibility index (Phi) is 4.54. The van der Waals surface area contributed by atoms with E-state index in [1.807, 2.05) is 30.5 Å². The van der Waals surface area contributed by atoms with Crippen molar-refractivity contribution >= 4 is 49.1 Å². The van der Waals surface area contributed by atoms with Gasteiger partial charge in [0.05, 0.1) is 20.2 Å². The molecule has 6 heteroatoms. The van der Waals surface area contributed by atoms with Gasteiger partial charge in [-0.25, -0.2) is 0 Å². The minimum absolute atomic E-state index is 0.0287. The highest BCUT2D eigenvalue weighted by atomic mass is 79.9. The Bertz CT molecular complexity index is 795. The monoisotopic (exact) mass is 480 g/mol. The number of amides is 1. The first-order chi connectivity index (χ1) is 12.0. The smallest absolute Gasteiger partial charge is 0.261 e. The van der Waals surface area contributed by atoms with E-state index in [4.69, 9.17) is 0 Å². The molecule has 1 aromatic heterocycles. The zero-order chi connectivity index (χ0) is 17.6. The van der Waals surface area contributed by atoms with E-state index in [-0.39, 0.29) is 17.5 Å². The molecular formula is C19H18Br2N2OS. The van der Waals surface area contributed by atoms with Gasteiger partial charge in [-0.05, 0) is 68.4 Å². The highest BCUT2D eigenvalue weighted by Gasteiger charge is 2.59. The minimum Gasteiger partial charge on any atom is -0.370 e. The molecule has 130 valence electrons. The number of rotatable bonds is 5. The van der Waals surface area contributed by atoms with Gasteiger partial charge in [0.1, 0.15) is 0 Å². The highest BCUT2D eigenvalue weighted by Crippen LogP contribution is 2.56. The van der Waals surface area contributed by atoms with Crippen molar-refractivity contribution in [3.8, 4) is 0 Å². The molecule has 2 bridgehead atoms. The molecule has 1 amide bonds. The number of fused-ring (bicyclic) bond motifs is 1. The molecule has 1 unspecified atom stereocenters. The number of nitrogens with one attached hydrogen (secondary N) is 1. The molecule has 25 heavy (non-hydrogen) atoms. The summed E-state index contributed by atoms with van der Waals surface area (Å²) < 4.78 is 1.85. The number of carbonyl (C=O) groups is 1. The largest absolute Gasteiger partial charge is 0.370 e. The van der Waals surface area contributed by atoms with Crippen LogP contribution in [0.15, 0.2) is 57.4 Å². The summed E-state index contributed by atoms with van der Waals surface area (Å²) in [5.74, 6) is 0.685. The van der Waals surface area contributed by atoms with Crippen molar-refractivity contribution in [2.75, 3.05) is 6.54 Å². The van der Waals surface area contributed by atoms with Crippen LogP contribution in [0.25, 0.3) is 0 Å². The van der Waals surface area contributed by atoms with Crippen molar-refractivity contribution in [2.45, 2.75) is 24.4 Å². The van der Waals surface area contributed by atoms with Crippen molar-refractivity contribution in [2.24, 2.45) is 5.92 Å². The highest BCUT2D eigenvalue weighted by molar-refractivity contribution is 9.13. The third kappa shape index (κ3) is 2.88. The molecule has 2 saturated heterocycles. The van der Waals surface area contributed by atoms with Crippen molar-refractivity contribution in [3.05, 3.63) is 67.9 Å². The lowest BCUT2D eigenvalue weighted by Crippen LogP contribution is -2.54. The fraction of sp³-hybridized carbons (Fsp3) is 0.316. The number of halogens is 2. The van der Waals surface area contributed by atoms with E-state index < -0.39 is 0 Å². The molecule has 1 aromatic carbocycles. The van der Waals surface area contributed by atoms with E-state index in [9.17, 15) is 4.79 Å². The molecule has 0 spiro atoms. The minimum atomic E-state index is -0.0465. The van der Waals surface area contributed by atoms with Gasteiger partial charge in [0.25, 0.3) is 5.91 Å². The fourth-order valence-corrected chi connectivity index (χ4v) is 6.19. The summed E-state index contributed by atoms with van der Waals surface area (Å²) in [6.07, 6.45) is 4.15. The molecule has 3 heterocycles. The maximum Gasteiger partial charge on any atom is 0.261 e. The lowest BCUT2D eigenvalue weighted by atomic mass is 9.67. The number of carbonyl (C=O) groups excluding carboxylic acids is 1. The first kappa shape index (κ1) is 17.3. The third-order valence-corrected chi connectivity index (χ3v) is 8.60. The number of nitrogens with zero attached hydrogens (tertiary/aromatic N) is 1. The lowest BCUT2D eigenvalue weighted by molar-refractivity contribution is 0.0713. The average Bonchev–Trinajstić information content (AvgIpc) is 3.24. The van der Waals surface area contributed by atoms with Crippen LogP contribution in [0.1, 0.15) is 34.1 Å². The number of thiophene rings is 1. The topological polar surface area (TPSA) is 32.3 Å². The van der Waals surface area contributed by atoms with Crippen LogP contribution >= 0.6 is 43.2 Å². The van der Waals surface area contributed by atoms with Crippen molar-refractivity contribution in [1.29, 1.82) is 0 Å². The number of hydrogen-bond donors (Lipinski definition) is 1. The Balaban J connectivity index is 1.67. The lowest BCUT2D eigenvalue weighted by Gasteiger charge is -2.48. The van der Waals surface area contributed by atoms with Crippen molar-refractivity contribution in [3.63, 3.8) is 0 Å². The van der Waals surface area contributed by atoms with Gasteiger partial charge < -0.3 is 10.2 Å². The second-order valence-corrected chi connectivity index (χ2v) is 9.99. The predicted octanol–water partition coefficient (Wildman–Crippen LogP) is 5.35. The summed E-state index contributed by atoms with van der Waals surface area (Å²) in [5, 5.41) is 3.32. The maximum absolute atomic E-state index is 12.9. The fourth-order valence-electron chi connectivity index (χ4n) is 4.26. The average molecular weight is 482 g/mol. The second kappa shape index (κ2) is 6.56. The van der Waals surface area contributed by atoms with Crippen LogP contribution in [0.5, 0.6) is 0 Å². The molecule has 2 aromatic rings. The van der Waals surface area contributed by atoms with Crippen LogP contribution in [0, 0.1) is 5.92 Å². The van der Waals surface area contributed by atoms with Crippen LogP contribution in [0.2, 0.25) is 0 Å². The van der Waals surface area contributed by atoms with E-state index in [1.165, 1.54) is 11.3 Å². The molecule has 5 rings (SSSR count). The van der Waals surface area contributed by atoms with E-state index in [0.717, 1.165) is 33.2 Å². The Hall–Kier alpha value is -1.11. The van der Waals surface area contributed by atoms with Gasteiger partial charge in [-0.15, -0.1) is 11.3 Å².